The Morgan fingerprint density at radius 1 is 1.06 bits per heavy atom. The van der Waals surface area contributed by atoms with Crippen molar-refractivity contribution < 1.29 is 34.1 Å². The number of rotatable bonds is 4. The van der Waals surface area contributed by atoms with E-state index < -0.39 is 45.9 Å². The van der Waals surface area contributed by atoms with E-state index in [2.05, 4.69) is 0 Å². The molecule has 1 saturated carbocycles. The molecule has 6 atom stereocenters. The van der Waals surface area contributed by atoms with E-state index in [0.717, 1.165) is 0 Å². The number of carbonyl (C=O) groups is 3. The molecule has 0 spiro atoms. The van der Waals surface area contributed by atoms with Gasteiger partial charge in [0.2, 0.25) is 0 Å². The van der Waals surface area contributed by atoms with E-state index in [9.17, 15) is 24.6 Å². The number of aliphatic hydroxyl groups is 2. The smallest absolute Gasteiger partial charge is 0.198 e. The highest BCUT2D eigenvalue weighted by Gasteiger charge is 2.81. The van der Waals surface area contributed by atoms with Crippen LogP contribution in [0.3, 0.4) is 0 Å². The number of ketones is 3. The Bertz CT molecular complexity index is 1140. The monoisotopic (exact) mass is 484 g/mol. The van der Waals surface area contributed by atoms with Gasteiger partial charge in [-0.15, -0.1) is 0 Å². The molecule has 1 saturated heterocycles. The molecule has 190 valence electrons. The number of hydrogen-bond acceptors (Lipinski definition) is 7. The maximum atomic E-state index is 14.0. The van der Waals surface area contributed by atoms with Crippen LogP contribution in [0.5, 0.6) is 0 Å². The van der Waals surface area contributed by atoms with E-state index >= 15 is 0 Å². The zero-order chi connectivity index (χ0) is 25.8. The first-order valence-electron chi connectivity index (χ1n) is 12.7. The summed E-state index contributed by atoms with van der Waals surface area (Å²) >= 11 is 0. The highest BCUT2D eigenvalue weighted by molar-refractivity contribution is 6.15. The van der Waals surface area contributed by atoms with Gasteiger partial charge < -0.3 is 19.7 Å². The quantitative estimate of drug-likeness (QED) is 0.631. The molecule has 7 nitrogen and oxygen atoms in total. The molecule has 2 fully saturated rings. The molecule has 5 aliphatic rings. The lowest BCUT2D eigenvalue weighted by Gasteiger charge is -2.64. The molecule has 1 heterocycles. The van der Waals surface area contributed by atoms with Crippen molar-refractivity contribution in [3.05, 3.63) is 34.9 Å². The average Bonchev–Trinajstić information content (AvgIpc) is 2.99. The Kier molecular flexibility index (Phi) is 5.02. The van der Waals surface area contributed by atoms with E-state index in [0.29, 0.717) is 36.0 Å². The molecule has 1 aliphatic heterocycles. The van der Waals surface area contributed by atoms with Crippen LogP contribution in [0, 0.1) is 16.7 Å². The van der Waals surface area contributed by atoms with E-state index in [-0.39, 0.29) is 30.2 Å². The average molecular weight is 485 g/mol. The van der Waals surface area contributed by atoms with Crippen molar-refractivity contribution in [3.63, 3.8) is 0 Å². The second-order valence-electron chi connectivity index (χ2n) is 12.1. The van der Waals surface area contributed by atoms with E-state index in [1.807, 2.05) is 27.7 Å². The van der Waals surface area contributed by atoms with Crippen LogP contribution in [0.25, 0.3) is 0 Å². The zero-order valence-corrected chi connectivity index (χ0v) is 21.5. The van der Waals surface area contributed by atoms with E-state index in [1.54, 1.807) is 19.9 Å². The van der Waals surface area contributed by atoms with Gasteiger partial charge in [0, 0.05) is 23.3 Å². The topological polar surface area (TPSA) is 110 Å². The second kappa shape index (κ2) is 7.09. The van der Waals surface area contributed by atoms with Gasteiger partial charge in [-0.1, -0.05) is 20.8 Å². The minimum Gasteiger partial charge on any atom is -0.391 e. The summed E-state index contributed by atoms with van der Waals surface area (Å²) in [7, 11) is 0. The van der Waals surface area contributed by atoms with Crippen LogP contribution in [-0.4, -0.2) is 56.8 Å². The van der Waals surface area contributed by atoms with Gasteiger partial charge in [0.1, 0.15) is 5.60 Å². The van der Waals surface area contributed by atoms with Crippen LogP contribution >= 0.6 is 0 Å². The van der Waals surface area contributed by atoms with Crippen molar-refractivity contribution in [2.45, 2.75) is 96.2 Å². The van der Waals surface area contributed by atoms with Crippen molar-refractivity contribution in [2.24, 2.45) is 16.7 Å². The summed E-state index contributed by atoms with van der Waals surface area (Å²) < 4.78 is 13.3. The maximum absolute atomic E-state index is 14.0. The fourth-order valence-electron chi connectivity index (χ4n) is 7.44. The third-order valence-electron chi connectivity index (χ3n) is 10.2. The molecule has 0 amide bonds. The van der Waals surface area contributed by atoms with Crippen LogP contribution in [0.1, 0.15) is 73.6 Å². The summed E-state index contributed by atoms with van der Waals surface area (Å²) in [6.45, 7) is 10.6. The lowest BCUT2D eigenvalue weighted by Crippen LogP contribution is -2.76. The molecule has 4 aliphatic carbocycles. The summed E-state index contributed by atoms with van der Waals surface area (Å²) in [6, 6.07) is 0. The number of ether oxygens (including phenoxy) is 2. The summed E-state index contributed by atoms with van der Waals surface area (Å²) in [4.78, 5) is 39.6. The summed E-state index contributed by atoms with van der Waals surface area (Å²) in [5, 5.41) is 23.0. The highest BCUT2D eigenvalue weighted by Crippen LogP contribution is 2.72. The minimum absolute atomic E-state index is 0.0964. The number of hydrogen-bond donors (Lipinski definition) is 2. The molecule has 0 aromatic carbocycles. The Hall–Kier alpha value is -1.93. The van der Waals surface area contributed by atoms with Crippen molar-refractivity contribution in [1.82, 2.24) is 0 Å². The van der Waals surface area contributed by atoms with Crippen LogP contribution in [0.2, 0.25) is 0 Å². The first-order chi connectivity index (χ1) is 16.2. The largest absolute Gasteiger partial charge is 0.391 e. The normalized spacial score (nSPS) is 44.7. The fraction of sp³-hybridized carbons (Fsp3) is 0.679. The third kappa shape index (κ3) is 2.73. The maximum Gasteiger partial charge on any atom is 0.198 e. The van der Waals surface area contributed by atoms with Gasteiger partial charge in [-0.25, -0.2) is 0 Å². The minimum atomic E-state index is -1.57. The van der Waals surface area contributed by atoms with Gasteiger partial charge in [0.05, 0.1) is 23.2 Å². The van der Waals surface area contributed by atoms with Gasteiger partial charge in [-0.05, 0) is 75.8 Å². The van der Waals surface area contributed by atoms with Gasteiger partial charge in [0.25, 0.3) is 0 Å². The summed E-state index contributed by atoms with van der Waals surface area (Å²) in [5.41, 5.74) is -4.10. The first-order valence-corrected chi connectivity index (χ1v) is 12.7. The van der Waals surface area contributed by atoms with Crippen molar-refractivity contribution >= 4 is 17.3 Å². The summed E-state index contributed by atoms with van der Waals surface area (Å²) in [5.74, 6) is -2.92. The Morgan fingerprint density at radius 3 is 2.37 bits per heavy atom. The van der Waals surface area contributed by atoms with Crippen molar-refractivity contribution in [2.75, 3.05) is 6.61 Å². The molecular formula is C28H36O7. The van der Waals surface area contributed by atoms with Gasteiger partial charge in [-0.3, -0.25) is 14.4 Å². The SMILES string of the molecule is CCC(C)(C)OC1(CO)OC23CCC(O)(C1C)C2(C)C(=O)C=C1C3=CC(=O)C2=CC(=O)CCC21C. The third-order valence-corrected chi connectivity index (χ3v) is 10.2. The standard InChI is InChI=1S/C28H36O7/c1-7-23(3,4)34-28(15-29)16(2)26(33)10-11-27(35-28)19-13-21(31)20-12-17(30)8-9-24(20,5)18(19)14-22(32)25(26,27)6/h12-14,16,29,33H,7-11,15H2,1-6H3. The van der Waals surface area contributed by atoms with Crippen LogP contribution in [0.15, 0.2) is 34.9 Å². The van der Waals surface area contributed by atoms with E-state index in [4.69, 9.17) is 9.47 Å². The van der Waals surface area contributed by atoms with Gasteiger partial charge in [-0.2, -0.15) is 0 Å². The molecule has 6 unspecified atom stereocenters. The molecule has 7 heteroatoms. The lowest BCUT2D eigenvalue weighted by atomic mass is 9.49. The lowest BCUT2D eigenvalue weighted by molar-refractivity contribution is -0.404. The molecular weight excluding hydrogens is 448 g/mol. The van der Waals surface area contributed by atoms with Gasteiger partial charge >= 0.3 is 0 Å². The zero-order valence-electron chi connectivity index (χ0n) is 21.5. The Balaban J connectivity index is 1.77. The molecule has 35 heavy (non-hydrogen) atoms. The predicted octanol–water partition coefficient (Wildman–Crippen LogP) is 3.13. The van der Waals surface area contributed by atoms with E-state index in [1.165, 1.54) is 12.2 Å². The number of fused-ring (bicyclic) bond motifs is 3. The van der Waals surface area contributed by atoms with Crippen LogP contribution < -0.4 is 0 Å². The fourth-order valence-corrected chi connectivity index (χ4v) is 7.44. The first kappa shape index (κ1) is 24.8. The van der Waals surface area contributed by atoms with Crippen LogP contribution in [0.4, 0.5) is 0 Å². The number of aliphatic hydroxyl groups excluding tert-OH is 1. The predicted molar refractivity (Wildman–Crippen MR) is 127 cm³/mol. The van der Waals surface area contributed by atoms with Crippen molar-refractivity contribution in [1.29, 1.82) is 0 Å². The molecule has 2 bridgehead atoms. The molecule has 0 radical (unpaired) electrons. The molecule has 2 N–H and O–H groups in total. The molecule has 0 aromatic heterocycles. The molecule has 0 aromatic rings. The highest BCUT2D eigenvalue weighted by atomic mass is 16.7. The number of carbonyl (C=O) groups excluding carboxylic acids is 3. The summed E-state index contributed by atoms with van der Waals surface area (Å²) in [6.07, 6.45) is 6.36. The second-order valence-corrected chi connectivity index (χ2v) is 12.1. The Morgan fingerprint density at radius 2 is 1.74 bits per heavy atom. The van der Waals surface area contributed by atoms with Crippen molar-refractivity contribution in [3.8, 4) is 0 Å². The number of allylic oxidation sites excluding steroid dienone is 4. The van der Waals surface area contributed by atoms with Crippen LogP contribution in [-0.2, 0) is 23.9 Å². The molecule has 5 rings (SSSR count). The van der Waals surface area contributed by atoms with Gasteiger partial charge in [0.15, 0.2) is 23.1 Å². The Labute approximate surface area is 206 Å².